The second-order valence-electron chi connectivity index (χ2n) is 5.88. The van der Waals surface area contributed by atoms with Gasteiger partial charge in [0.05, 0.1) is 24.1 Å². The smallest absolute Gasteiger partial charge is 0.346 e. The molecule has 0 amide bonds. The van der Waals surface area contributed by atoms with Gasteiger partial charge in [-0.2, -0.15) is 0 Å². The van der Waals surface area contributed by atoms with Gasteiger partial charge in [-0.25, -0.2) is 0 Å². The van der Waals surface area contributed by atoms with Crippen molar-refractivity contribution in [2.24, 2.45) is 0 Å². The van der Waals surface area contributed by atoms with E-state index in [9.17, 15) is 20.2 Å². The fraction of sp³-hybridized carbons (Fsp3) is 0.0909. The summed E-state index contributed by atoms with van der Waals surface area (Å²) < 4.78 is 10.1. The van der Waals surface area contributed by atoms with E-state index < -0.39 is 21.2 Å². The summed E-state index contributed by atoms with van der Waals surface area (Å²) in [7, 11) is 3.09. The van der Waals surface area contributed by atoms with Crippen LogP contribution in [0.5, 0.6) is 11.5 Å². The highest BCUT2D eigenvalue weighted by molar-refractivity contribution is 5.54. The number of methoxy groups -OCH3 is 2. The first-order valence-corrected chi connectivity index (χ1v) is 8.78. The van der Waals surface area contributed by atoms with E-state index in [1.165, 1.54) is 12.2 Å². The van der Waals surface area contributed by atoms with Gasteiger partial charge in [-0.05, 0) is 35.4 Å². The molecule has 0 radical (unpaired) electrons. The largest absolute Gasteiger partial charge is 0.497 e. The van der Waals surface area contributed by atoms with Crippen LogP contribution < -0.4 is 9.47 Å². The summed E-state index contributed by atoms with van der Waals surface area (Å²) in [5.74, 6) is 1.35. The third kappa shape index (κ3) is 6.45. The molecule has 0 aromatic heterocycles. The Labute approximate surface area is 173 Å². The van der Waals surface area contributed by atoms with Crippen molar-refractivity contribution in [1.82, 2.24) is 0 Å². The predicted octanol–water partition coefficient (Wildman–Crippen LogP) is 4.75. The lowest BCUT2D eigenvalue weighted by Crippen LogP contribution is -2.09. The molecular formula is C22H20N2O6. The van der Waals surface area contributed by atoms with Crippen LogP contribution in [-0.4, -0.2) is 24.1 Å². The molecule has 0 bridgehead atoms. The molecule has 8 heteroatoms. The molecule has 30 heavy (non-hydrogen) atoms. The van der Waals surface area contributed by atoms with Crippen molar-refractivity contribution in [1.29, 1.82) is 0 Å². The van der Waals surface area contributed by atoms with E-state index in [2.05, 4.69) is 0 Å². The zero-order chi connectivity index (χ0) is 21.9. The number of ether oxygens (including phenoxy) is 2. The SMILES string of the molecule is COc1ccc(\C=C/C=C(\C(=C/C=C/c2ccc(OC)cc2)[N+](=O)[O-])[N+](=O)[O-])cc1. The van der Waals surface area contributed by atoms with Crippen LogP contribution in [0.3, 0.4) is 0 Å². The highest BCUT2D eigenvalue weighted by atomic mass is 16.6. The fourth-order valence-electron chi connectivity index (χ4n) is 2.41. The van der Waals surface area contributed by atoms with Crippen molar-refractivity contribution in [2.45, 2.75) is 0 Å². The van der Waals surface area contributed by atoms with Gasteiger partial charge < -0.3 is 9.47 Å². The van der Waals surface area contributed by atoms with Gasteiger partial charge in [0.25, 0.3) is 0 Å². The van der Waals surface area contributed by atoms with E-state index in [0.29, 0.717) is 11.5 Å². The summed E-state index contributed by atoms with van der Waals surface area (Å²) in [5, 5.41) is 22.8. The van der Waals surface area contributed by atoms with Gasteiger partial charge in [-0.1, -0.05) is 48.6 Å². The van der Waals surface area contributed by atoms with Crippen LogP contribution in [-0.2, 0) is 0 Å². The molecule has 0 fully saturated rings. The molecule has 0 aliphatic heterocycles. The number of benzene rings is 2. The standard InChI is InChI=1S/C22H20N2O6/c1-29-19-13-9-17(10-14-19)5-3-7-21(23(25)26)22(24(27)28)8-4-6-18-11-15-20(30-2)16-12-18/h3-16H,1-2H3/b5-3-,6-4+,21-7+,22-8+. The Hall–Kier alpha value is -4.20. The molecule has 2 rings (SSSR count). The Bertz CT molecular complexity index is 919. The molecule has 0 heterocycles. The maximum atomic E-state index is 11.4. The zero-order valence-electron chi connectivity index (χ0n) is 16.4. The van der Waals surface area contributed by atoms with E-state index in [4.69, 9.17) is 9.47 Å². The highest BCUT2D eigenvalue weighted by Gasteiger charge is 2.27. The van der Waals surface area contributed by atoms with E-state index in [1.807, 2.05) is 0 Å². The Morgan fingerprint density at radius 3 is 1.30 bits per heavy atom. The van der Waals surface area contributed by atoms with Crippen molar-refractivity contribution in [2.75, 3.05) is 14.2 Å². The van der Waals surface area contributed by atoms with Crippen molar-refractivity contribution in [3.63, 3.8) is 0 Å². The molecule has 0 aliphatic rings. The maximum absolute atomic E-state index is 11.4. The third-order valence-corrected chi connectivity index (χ3v) is 3.97. The Kier molecular flexibility index (Phi) is 8.07. The minimum absolute atomic E-state index is 0.621. The van der Waals surface area contributed by atoms with Crippen LogP contribution in [0.25, 0.3) is 12.2 Å². The topological polar surface area (TPSA) is 105 Å². The van der Waals surface area contributed by atoms with Gasteiger partial charge in [-0.3, -0.25) is 20.2 Å². The van der Waals surface area contributed by atoms with Gasteiger partial charge in [0, 0.05) is 12.2 Å². The van der Waals surface area contributed by atoms with Crippen molar-refractivity contribution in [3.8, 4) is 11.5 Å². The van der Waals surface area contributed by atoms with Crippen molar-refractivity contribution >= 4 is 12.2 Å². The number of nitro groups is 2. The van der Waals surface area contributed by atoms with E-state index in [1.54, 1.807) is 74.9 Å². The van der Waals surface area contributed by atoms with Crippen LogP contribution in [0, 0.1) is 20.2 Å². The Morgan fingerprint density at radius 2 is 1.03 bits per heavy atom. The summed E-state index contributed by atoms with van der Waals surface area (Å²) >= 11 is 0. The average Bonchev–Trinajstić information content (AvgIpc) is 2.75. The molecule has 0 saturated carbocycles. The predicted molar refractivity (Wildman–Crippen MR) is 114 cm³/mol. The molecule has 2 aromatic carbocycles. The number of hydrogen-bond donors (Lipinski definition) is 0. The molecule has 0 saturated heterocycles. The second-order valence-corrected chi connectivity index (χ2v) is 5.88. The highest BCUT2D eigenvalue weighted by Crippen LogP contribution is 2.16. The molecule has 0 aliphatic carbocycles. The van der Waals surface area contributed by atoms with Crippen LogP contribution in [0.15, 0.2) is 84.2 Å². The first-order chi connectivity index (χ1) is 14.4. The van der Waals surface area contributed by atoms with Crippen molar-refractivity contribution in [3.05, 3.63) is 116 Å². The quantitative estimate of drug-likeness (QED) is 0.337. The third-order valence-electron chi connectivity index (χ3n) is 3.97. The first-order valence-electron chi connectivity index (χ1n) is 8.78. The number of hydrogen-bond acceptors (Lipinski definition) is 6. The van der Waals surface area contributed by atoms with Gasteiger partial charge in [-0.15, -0.1) is 0 Å². The molecule has 2 aromatic rings. The number of rotatable bonds is 9. The van der Waals surface area contributed by atoms with E-state index >= 15 is 0 Å². The van der Waals surface area contributed by atoms with Gasteiger partial charge in [0.1, 0.15) is 11.5 Å². The average molecular weight is 408 g/mol. The summed E-state index contributed by atoms with van der Waals surface area (Å²) in [6.45, 7) is 0. The van der Waals surface area contributed by atoms with Crippen LogP contribution in [0.4, 0.5) is 0 Å². The lowest BCUT2D eigenvalue weighted by atomic mass is 10.2. The van der Waals surface area contributed by atoms with E-state index in [0.717, 1.165) is 23.3 Å². The molecule has 0 N–H and O–H groups in total. The van der Waals surface area contributed by atoms with Gasteiger partial charge >= 0.3 is 11.4 Å². The minimum Gasteiger partial charge on any atom is -0.497 e. The lowest BCUT2D eigenvalue weighted by Gasteiger charge is -1.99. The van der Waals surface area contributed by atoms with Gasteiger partial charge in [0.15, 0.2) is 0 Å². The van der Waals surface area contributed by atoms with Crippen LogP contribution >= 0.6 is 0 Å². The summed E-state index contributed by atoms with van der Waals surface area (Å²) in [6.07, 6.45) is 8.19. The number of allylic oxidation sites excluding steroid dienone is 4. The van der Waals surface area contributed by atoms with Gasteiger partial charge in [0.2, 0.25) is 0 Å². The molecule has 8 nitrogen and oxygen atoms in total. The minimum atomic E-state index is -0.784. The zero-order valence-corrected chi connectivity index (χ0v) is 16.4. The normalized spacial score (nSPS) is 12.3. The summed E-state index contributed by atoms with van der Waals surface area (Å²) in [6, 6.07) is 14.0. The van der Waals surface area contributed by atoms with E-state index in [-0.39, 0.29) is 0 Å². The second kappa shape index (κ2) is 11.0. The lowest BCUT2D eigenvalue weighted by molar-refractivity contribution is -0.479. The molecule has 154 valence electrons. The first kappa shape index (κ1) is 22.1. The molecule has 0 spiro atoms. The molecular weight excluding hydrogens is 388 g/mol. The van der Waals surface area contributed by atoms with Crippen LogP contribution in [0.1, 0.15) is 11.1 Å². The molecule has 0 atom stereocenters. The van der Waals surface area contributed by atoms with Crippen LogP contribution in [0.2, 0.25) is 0 Å². The van der Waals surface area contributed by atoms with Crippen molar-refractivity contribution < 1.29 is 19.3 Å². The number of nitrogens with zero attached hydrogens (tertiary/aromatic N) is 2. The Balaban J connectivity index is 2.24. The molecule has 0 unspecified atom stereocenters. The summed E-state index contributed by atoms with van der Waals surface area (Å²) in [5.41, 5.74) is 0.287. The summed E-state index contributed by atoms with van der Waals surface area (Å²) in [4.78, 5) is 21.2. The fourth-order valence-corrected chi connectivity index (χ4v) is 2.41. The monoisotopic (exact) mass is 408 g/mol. The Morgan fingerprint density at radius 1 is 0.700 bits per heavy atom. The maximum Gasteiger partial charge on any atom is 0.346 e.